The van der Waals surface area contributed by atoms with Crippen molar-refractivity contribution in [1.29, 1.82) is 0 Å². The van der Waals surface area contributed by atoms with Gasteiger partial charge in [-0.1, -0.05) is 239 Å². The van der Waals surface area contributed by atoms with Gasteiger partial charge in [-0.15, -0.1) is 0 Å². The van der Waals surface area contributed by atoms with Crippen LogP contribution in [-0.4, -0.2) is 140 Å². The molecule has 2 heterocycles. The molecule has 14 nitrogen and oxygen atoms in total. The Morgan fingerprint density at radius 3 is 1.33 bits per heavy atom. The molecule has 1 amide bonds. The van der Waals surface area contributed by atoms with E-state index in [9.17, 15) is 45.6 Å². The van der Waals surface area contributed by atoms with Gasteiger partial charge in [-0.2, -0.15) is 0 Å². The number of carbonyl (C=O) groups excluding carboxylic acids is 1. The summed E-state index contributed by atoms with van der Waals surface area (Å²) in [6, 6.07) is -0.940. The number of nitrogens with one attached hydrogen (secondary N) is 1. The molecule has 0 aromatic carbocycles. The summed E-state index contributed by atoms with van der Waals surface area (Å²) in [7, 11) is 0. The monoisotopic (exact) mass is 1170 g/mol. The number of allylic oxidation sites excluding steroid dienone is 17. The third-order valence-corrected chi connectivity index (χ3v) is 15.2. The number of unbranched alkanes of at least 4 members (excludes halogenated alkanes) is 22. The Bertz CT molecular complexity index is 1810. The fourth-order valence-electron chi connectivity index (χ4n) is 9.99. The Morgan fingerprint density at radius 1 is 0.446 bits per heavy atom. The molecule has 0 bridgehead atoms. The molecule has 0 aromatic rings. The summed E-state index contributed by atoms with van der Waals surface area (Å²) in [5.41, 5.74) is 0. The molecule has 2 saturated heterocycles. The fourth-order valence-corrected chi connectivity index (χ4v) is 9.99. The molecule has 2 aliphatic heterocycles. The van der Waals surface area contributed by atoms with Crippen molar-refractivity contribution >= 4 is 5.91 Å². The average molecular weight is 1170 g/mol. The van der Waals surface area contributed by atoms with Crippen molar-refractivity contribution in [3.05, 3.63) is 109 Å². The van der Waals surface area contributed by atoms with Gasteiger partial charge in [0.2, 0.25) is 5.91 Å². The van der Waals surface area contributed by atoms with E-state index in [1.165, 1.54) is 109 Å². The molecule has 0 radical (unpaired) electrons. The van der Waals surface area contributed by atoms with E-state index in [4.69, 9.17) is 18.9 Å². The van der Waals surface area contributed by atoms with E-state index < -0.39 is 86.8 Å². The SMILES string of the molecule is CC/C=C\C/C=C\C/C=C\C/C=C\C/C=C\C/C=C\C/C=C\CCCCCCCCCCCCCC(=O)NC(COC1OC(CO)C(OC2OC(CO)C(O)C(O)C2O)C(O)C1O)C(O)/C=C/CC/C=C/CCCCCCCCCCCC. The molecule has 476 valence electrons. The van der Waals surface area contributed by atoms with Crippen LogP contribution in [0.3, 0.4) is 0 Å². The van der Waals surface area contributed by atoms with E-state index >= 15 is 0 Å². The summed E-state index contributed by atoms with van der Waals surface area (Å²) < 4.78 is 22.8. The highest BCUT2D eigenvalue weighted by atomic mass is 16.7. The predicted octanol–water partition coefficient (Wildman–Crippen LogP) is 12.4. The smallest absolute Gasteiger partial charge is 0.220 e. The van der Waals surface area contributed by atoms with Crippen molar-refractivity contribution in [2.24, 2.45) is 0 Å². The molecule has 83 heavy (non-hydrogen) atoms. The first-order valence-corrected chi connectivity index (χ1v) is 32.6. The molecule has 0 saturated carbocycles. The highest BCUT2D eigenvalue weighted by molar-refractivity contribution is 5.76. The topological polar surface area (TPSA) is 228 Å². The standard InChI is InChI=1S/C69H117NO13/c1-3-5-7-9-11-13-15-17-19-21-22-23-24-25-26-27-28-29-30-31-32-33-34-35-36-37-39-41-43-45-47-49-51-53-61(74)70-57(58(73)52-50-48-46-44-42-40-38-20-18-16-14-12-10-8-6-4-2)56-80-68-66(79)64(77)67(60(55-72)82-68)83-69-65(78)63(76)62(75)59(54-71)81-69/h5,7,11,13,17,19,22-23,25-26,28-29,31-32,42,44,50,52,57-60,62-69,71-73,75-79H,3-4,6,8-10,12,14-16,18,20-21,24,27,30,33-41,43,45-49,51,53-56H2,1-2H3,(H,70,74)/b7-5-,13-11-,19-17-,23-22-,26-25-,29-28-,32-31-,44-42+,52-50+. The molecule has 2 aliphatic rings. The second-order valence-corrected chi connectivity index (χ2v) is 22.5. The van der Waals surface area contributed by atoms with Gasteiger partial charge in [0.15, 0.2) is 12.6 Å². The van der Waals surface area contributed by atoms with Gasteiger partial charge in [0.05, 0.1) is 32.0 Å². The predicted molar refractivity (Wildman–Crippen MR) is 336 cm³/mol. The Labute approximate surface area is 502 Å². The van der Waals surface area contributed by atoms with E-state index in [1.807, 2.05) is 6.08 Å². The number of rotatable bonds is 51. The second kappa shape index (κ2) is 52.9. The molecule has 2 fully saturated rings. The van der Waals surface area contributed by atoms with Crippen molar-refractivity contribution in [2.45, 2.75) is 299 Å². The normalized spacial score (nSPS) is 24.6. The zero-order chi connectivity index (χ0) is 60.2. The van der Waals surface area contributed by atoms with E-state index in [0.29, 0.717) is 12.8 Å². The maximum atomic E-state index is 13.3. The van der Waals surface area contributed by atoms with Gasteiger partial charge in [0.25, 0.3) is 0 Å². The molecule has 0 aromatic heterocycles. The van der Waals surface area contributed by atoms with Crippen molar-refractivity contribution in [2.75, 3.05) is 19.8 Å². The van der Waals surface area contributed by atoms with Crippen molar-refractivity contribution in [1.82, 2.24) is 5.32 Å². The van der Waals surface area contributed by atoms with Crippen LogP contribution in [0.4, 0.5) is 0 Å². The quantitative estimate of drug-likeness (QED) is 0.0204. The minimum absolute atomic E-state index is 0.257. The first-order valence-electron chi connectivity index (χ1n) is 32.6. The third kappa shape index (κ3) is 37.7. The molecule has 0 spiro atoms. The van der Waals surface area contributed by atoms with Crippen LogP contribution in [-0.2, 0) is 23.7 Å². The highest BCUT2D eigenvalue weighted by Crippen LogP contribution is 2.30. The maximum Gasteiger partial charge on any atom is 0.220 e. The molecule has 12 unspecified atom stereocenters. The van der Waals surface area contributed by atoms with E-state index in [2.05, 4.69) is 116 Å². The summed E-state index contributed by atoms with van der Waals surface area (Å²) in [6.45, 7) is 2.66. The lowest BCUT2D eigenvalue weighted by molar-refractivity contribution is -0.359. The zero-order valence-corrected chi connectivity index (χ0v) is 51.4. The van der Waals surface area contributed by atoms with Crippen molar-refractivity contribution in [3.8, 4) is 0 Å². The number of amides is 1. The first-order chi connectivity index (χ1) is 40.6. The Balaban J connectivity index is 1.69. The molecular weight excluding hydrogens is 1050 g/mol. The number of hydrogen-bond acceptors (Lipinski definition) is 13. The highest BCUT2D eigenvalue weighted by Gasteiger charge is 2.51. The van der Waals surface area contributed by atoms with E-state index in [1.54, 1.807) is 6.08 Å². The van der Waals surface area contributed by atoms with Crippen LogP contribution in [0.25, 0.3) is 0 Å². The number of ether oxygens (including phenoxy) is 4. The lowest BCUT2D eigenvalue weighted by atomic mass is 9.97. The number of aliphatic hydroxyl groups is 8. The summed E-state index contributed by atoms with van der Waals surface area (Å²) in [6.07, 6.45) is 58.5. The summed E-state index contributed by atoms with van der Waals surface area (Å²) in [4.78, 5) is 13.3. The van der Waals surface area contributed by atoms with Crippen LogP contribution < -0.4 is 5.32 Å². The molecule has 14 heteroatoms. The van der Waals surface area contributed by atoms with Crippen molar-refractivity contribution in [3.63, 3.8) is 0 Å². The largest absolute Gasteiger partial charge is 0.394 e. The maximum absolute atomic E-state index is 13.3. The Kier molecular flexibility index (Phi) is 48.3. The third-order valence-electron chi connectivity index (χ3n) is 15.2. The van der Waals surface area contributed by atoms with Crippen LogP contribution in [0.5, 0.6) is 0 Å². The van der Waals surface area contributed by atoms with Crippen LogP contribution in [0.2, 0.25) is 0 Å². The van der Waals surface area contributed by atoms with Gasteiger partial charge in [-0.3, -0.25) is 4.79 Å². The van der Waals surface area contributed by atoms with Gasteiger partial charge < -0.3 is 65.1 Å². The Morgan fingerprint density at radius 2 is 0.843 bits per heavy atom. The number of hydrogen-bond donors (Lipinski definition) is 9. The number of carbonyl (C=O) groups is 1. The molecule has 0 aliphatic carbocycles. The van der Waals surface area contributed by atoms with Crippen LogP contribution in [0.1, 0.15) is 226 Å². The fraction of sp³-hybridized carbons (Fsp3) is 0.725. The van der Waals surface area contributed by atoms with E-state index in [-0.39, 0.29) is 18.9 Å². The van der Waals surface area contributed by atoms with E-state index in [0.717, 1.165) is 83.5 Å². The second-order valence-electron chi connectivity index (χ2n) is 22.5. The molecule has 12 atom stereocenters. The summed E-state index contributed by atoms with van der Waals surface area (Å²) in [5, 5.41) is 87.2. The molecule has 2 rings (SSSR count). The number of aliphatic hydroxyl groups excluding tert-OH is 8. The van der Waals surface area contributed by atoms with Crippen LogP contribution in [0, 0.1) is 0 Å². The lowest BCUT2D eigenvalue weighted by Crippen LogP contribution is -2.65. The summed E-state index contributed by atoms with van der Waals surface area (Å²) in [5.74, 6) is -0.257. The summed E-state index contributed by atoms with van der Waals surface area (Å²) >= 11 is 0. The minimum Gasteiger partial charge on any atom is -0.394 e. The van der Waals surface area contributed by atoms with Gasteiger partial charge in [0.1, 0.15) is 48.8 Å². The van der Waals surface area contributed by atoms with Gasteiger partial charge in [0, 0.05) is 6.42 Å². The molecular formula is C69H117NO13. The lowest BCUT2D eigenvalue weighted by Gasteiger charge is -2.46. The van der Waals surface area contributed by atoms with Crippen LogP contribution >= 0.6 is 0 Å². The van der Waals surface area contributed by atoms with Gasteiger partial charge in [-0.05, 0) is 89.9 Å². The van der Waals surface area contributed by atoms with Crippen molar-refractivity contribution < 1.29 is 64.6 Å². The zero-order valence-electron chi connectivity index (χ0n) is 51.4. The van der Waals surface area contributed by atoms with Gasteiger partial charge in [-0.25, -0.2) is 0 Å². The minimum atomic E-state index is -1.80. The molecule has 9 N–H and O–H groups in total. The Hall–Kier alpha value is -3.35. The first kappa shape index (κ1) is 75.7. The average Bonchev–Trinajstić information content (AvgIpc) is 3.63. The van der Waals surface area contributed by atoms with Crippen LogP contribution in [0.15, 0.2) is 109 Å². The van der Waals surface area contributed by atoms with Gasteiger partial charge >= 0.3 is 0 Å².